The molecule has 1 unspecified atom stereocenters. The zero-order chi connectivity index (χ0) is 19.1. The standard InChI is InChI=1S/C19H24ClN5O2/c1-26-16(13-25-4-6-27-7-5-25)12-22-10-15(9-21)14-8-18-17(23-11-14)2-3-19(20)24-18/h2-3,8-11,16H,4-7,12-13,21H2,1H3. The molecular formula is C19H24ClN5O2. The van der Waals surface area contributed by atoms with Crippen LogP contribution in [0.4, 0.5) is 0 Å². The van der Waals surface area contributed by atoms with Crippen molar-refractivity contribution >= 4 is 34.4 Å². The summed E-state index contributed by atoms with van der Waals surface area (Å²) in [6.45, 7) is 4.78. The van der Waals surface area contributed by atoms with Crippen LogP contribution in [0.3, 0.4) is 0 Å². The van der Waals surface area contributed by atoms with Gasteiger partial charge < -0.3 is 15.2 Å². The van der Waals surface area contributed by atoms with Crippen molar-refractivity contribution in [2.45, 2.75) is 6.10 Å². The summed E-state index contributed by atoms with van der Waals surface area (Å²) >= 11 is 5.97. The van der Waals surface area contributed by atoms with Crippen molar-refractivity contribution in [2.24, 2.45) is 10.7 Å². The van der Waals surface area contributed by atoms with Gasteiger partial charge in [-0.15, -0.1) is 0 Å². The number of pyridine rings is 2. The first kappa shape index (κ1) is 19.7. The van der Waals surface area contributed by atoms with Crippen LogP contribution in [0.2, 0.25) is 5.15 Å². The maximum absolute atomic E-state index is 5.97. The van der Waals surface area contributed by atoms with Crippen LogP contribution in [-0.2, 0) is 9.47 Å². The van der Waals surface area contributed by atoms with Gasteiger partial charge in [0.15, 0.2) is 0 Å². The highest BCUT2D eigenvalue weighted by Gasteiger charge is 2.16. The van der Waals surface area contributed by atoms with E-state index in [1.54, 1.807) is 25.6 Å². The molecule has 3 rings (SSSR count). The number of aromatic nitrogens is 2. The minimum Gasteiger partial charge on any atom is -0.404 e. The molecule has 3 heterocycles. The second-order valence-electron chi connectivity index (χ2n) is 6.28. The molecule has 27 heavy (non-hydrogen) atoms. The summed E-state index contributed by atoms with van der Waals surface area (Å²) in [6.07, 6.45) is 5.04. The smallest absolute Gasteiger partial charge is 0.129 e. The van der Waals surface area contributed by atoms with Gasteiger partial charge in [0.05, 0.1) is 36.9 Å². The van der Waals surface area contributed by atoms with Gasteiger partial charge in [-0.05, 0) is 18.2 Å². The van der Waals surface area contributed by atoms with Crippen molar-refractivity contribution in [1.29, 1.82) is 0 Å². The first-order valence-corrected chi connectivity index (χ1v) is 9.24. The molecule has 0 bridgehead atoms. The van der Waals surface area contributed by atoms with Crippen LogP contribution in [0.25, 0.3) is 16.6 Å². The summed E-state index contributed by atoms with van der Waals surface area (Å²) in [6, 6.07) is 5.46. The normalized spacial score (nSPS) is 17.6. The molecule has 1 aliphatic rings. The minimum atomic E-state index is 0.0218. The summed E-state index contributed by atoms with van der Waals surface area (Å²) in [4.78, 5) is 15.6. The largest absolute Gasteiger partial charge is 0.404 e. The second-order valence-corrected chi connectivity index (χ2v) is 6.67. The Morgan fingerprint density at radius 2 is 2.22 bits per heavy atom. The zero-order valence-corrected chi connectivity index (χ0v) is 16.1. The quantitative estimate of drug-likeness (QED) is 0.575. The van der Waals surface area contributed by atoms with E-state index in [9.17, 15) is 0 Å². The summed E-state index contributed by atoms with van der Waals surface area (Å²) in [5.41, 5.74) is 8.90. The Balaban J connectivity index is 1.65. The zero-order valence-electron chi connectivity index (χ0n) is 15.3. The van der Waals surface area contributed by atoms with E-state index in [1.165, 1.54) is 6.20 Å². The monoisotopic (exact) mass is 389 g/mol. The van der Waals surface area contributed by atoms with Gasteiger partial charge in [-0.25, -0.2) is 4.98 Å². The van der Waals surface area contributed by atoms with Crippen LogP contribution < -0.4 is 5.73 Å². The average Bonchev–Trinajstić information content (AvgIpc) is 2.70. The lowest BCUT2D eigenvalue weighted by atomic mass is 10.1. The molecule has 0 saturated carbocycles. The topological polar surface area (TPSA) is 85.9 Å². The van der Waals surface area contributed by atoms with Gasteiger partial charge >= 0.3 is 0 Å². The molecule has 1 aliphatic heterocycles. The number of fused-ring (bicyclic) bond motifs is 1. The number of nitrogens with zero attached hydrogens (tertiary/aromatic N) is 4. The SMILES string of the molecule is COC(CN=CC(=CN)c1cnc2ccc(Cl)nc2c1)CN1CCOCC1. The molecule has 1 atom stereocenters. The van der Waals surface area contributed by atoms with Crippen molar-refractivity contribution in [3.8, 4) is 0 Å². The van der Waals surface area contributed by atoms with Crippen molar-refractivity contribution < 1.29 is 9.47 Å². The van der Waals surface area contributed by atoms with E-state index in [-0.39, 0.29) is 6.10 Å². The molecular weight excluding hydrogens is 366 g/mol. The van der Waals surface area contributed by atoms with Gasteiger partial charge in [0, 0.05) is 56.5 Å². The van der Waals surface area contributed by atoms with Crippen LogP contribution in [-0.4, -0.2) is 73.7 Å². The highest BCUT2D eigenvalue weighted by molar-refractivity contribution is 6.29. The van der Waals surface area contributed by atoms with Crippen LogP contribution in [0, 0.1) is 0 Å². The predicted molar refractivity (Wildman–Crippen MR) is 108 cm³/mol. The van der Waals surface area contributed by atoms with E-state index in [0.717, 1.165) is 55.0 Å². The predicted octanol–water partition coefficient (Wildman–Crippen LogP) is 2.00. The van der Waals surface area contributed by atoms with Crippen molar-refractivity contribution in [2.75, 3.05) is 46.5 Å². The highest BCUT2D eigenvalue weighted by Crippen LogP contribution is 2.18. The van der Waals surface area contributed by atoms with Crippen LogP contribution in [0.5, 0.6) is 0 Å². The summed E-state index contributed by atoms with van der Waals surface area (Å²) in [5.74, 6) is 0. The third-order valence-corrected chi connectivity index (χ3v) is 4.67. The number of allylic oxidation sites excluding steroid dienone is 1. The minimum absolute atomic E-state index is 0.0218. The number of hydrogen-bond donors (Lipinski definition) is 1. The molecule has 0 spiro atoms. The third-order valence-electron chi connectivity index (χ3n) is 4.45. The molecule has 1 saturated heterocycles. The molecule has 0 aromatic carbocycles. The lowest BCUT2D eigenvalue weighted by Crippen LogP contribution is -2.42. The van der Waals surface area contributed by atoms with Gasteiger partial charge in [0.25, 0.3) is 0 Å². The third kappa shape index (κ3) is 5.46. The van der Waals surface area contributed by atoms with Crippen molar-refractivity contribution in [3.63, 3.8) is 0 Å². The Morgan fingerprint density at radius 3 is 2.96 bits per heavy atom. The fourth-order valence-corrected chi connectivity index (χ4v) is 3.05. The van der Waals surface area contributed by atoms with Crippen molar-refractivity contribution in [3.05, 3.63) is 41.3 Å². The molecule has 1 fully saturated rings. The highest BCUT2D eigenvalue weighted by atomic mass is 35.5. The molecule has 144 valence electrons. The number of morpholine rings is 1. The molecule has 7 nitrogen and oxygen atoms in total. The Bertz CT molecular complexity index is 821. The molecule has 0 amide bonds. The molecule has 2 aromatic heterocycles. The van der Waals surface area contributed by atoms with E-state index in [4.69, 9.17) is 26.8 Å². The lowest BCUT2D eigenvalue weighted by Gasteiger charge is -2.29. The molecule has 0 aliphatic carbocycles. The van der Waals surface area contributed by atoms with E-state index >= 15 is 0 Å². The van der Waals surface area contributed by atoms with E-state index in [2.05, 4.69) is 19.9 Å². The van der Waals surface area contributed by atoms with Crippen molar-refractivity contribution in [1.82, 2.24) is 14.9 Å². The van der Waals surface area contributed by atoms with Gasteiger partial charge in [-0.2, -0.15) is 0 Å². The second kappa shape index (κ2) is 9.75. The number of halogens is 1. The number of ether oxygens (including phenoxy) is 2. The fraction of sp³-hybridized carbons (Fsp3) is 0.421. The molecule has 8 heteroatoms. The molecule has 2 aromatic rings. The van der Waals surface area contributed by atoms with E-state index in [1.807, 2.05) is 12.1 Å². The van der Waals surface area contributed by atoms with Crippen LogP contribution in [0.15, 0.2) is 35.6 Å². The van der Waals surface area contributed by atoms with Gasteiger partial charge in [0.1, 0.15) is 5.15 Å². The number of methoxy groups -OCH3 is 1. The Kier molecular flexibility index (Phi) is 7.11. The molecule has 2 N–H and O–H groups in total. The molecule has 0 radical (unpaired) electrons. The lowest BCUT2D eigenvalue weighted by molar-refractivity contribution is 0.00551. The number of hydrogen-bond acceptors (Lipinski definition) is 7. The first-order valence-electron chi connectivity index (χ1n) is 8.87. The Morgan fingerprint density at radius 1 is 1.41 bits per heavy atom. The Labute approximate surface area is 163 Å². The summed E-state index contributed by atoms with van der Waals surface area (Å²) in [7, 11) is 1.71. The van der Waals surface area contributed by atoms with E-state index < -0.39 is 0 Å². The van der Waals surface area contributed by atoms with Gasteiger partial charge in [0.2, 0.25) is 0 Å². The maximum atomic E-state index is 5.97. The fourth-order valence-electron chi connectivity index (χ4n) is 2.90. The summed E-state index contributed by atoms with van der Waals surface area (Å²) in [5, 5.41) is 0.430. The average molecular weight is 390 g/mol. The summed E-state index contributed by atoms with van der Waals surface area (Å²) < 4.78 is 10.9. The number of nitrogens with two attached hydrogens (primary N) is 1. The number of aliphatic imine (C=N–C) groups is 1. The maximum Gasteiger partial charge on any atom is 0.129 e. The number of rotatable bonds is 7. The Hall–Kier alpha value is -2.06. The van der Waals surface area contributed by atoms with Gasteiger partial charge in [-0.3, -0.25) is 14.9 Å². The van der Waals surface area contributed by atoms with Gasteiger partial charge in [-0.1, -0.05) is 11.6 Å². The van der Waals surface area contributed by atoms with Crippen LogP contribution in [0.1, 0.15) is 5.56 Å². The van der Waals surface area contributed by atoms with Crippen LogP contribution >= 0.6 is 11.6 Å². The van der Waals surface area contributed by atoms with E-state index in [0.29, 0.717) is 11.7 Å². The first-order chi connectivity index (χ1) is 13.2.